The summed E-state index contributed by atoms with van der Waals surface area (Å²) in [5.41, 5.74) is 6.93. The van der Waals surface area contributed by atoms with E-state index < -0.39 is 0 Å². The summed E-state index contributed by atoms with van der Waals surface area (Å²) < 4.78 is 1.94. The van der Waals surface area contributed by atoms with Crippen molar-refractivity contribution in [1.82, 2.24) is 9.55 Å². The molecule has 1 aromatic heterocycles. The van der Waals surface area contributed by atoms with Gasteiger partial charge in [0.1, 0.15) is 11.6 Å². The van der Waals surface area contributed by atoms with Gasteiger partial charge in [0.25, 0.3) is 0 Å². The average molecular weight is 199 g/mol. The Labute approximate surface area is 83.7 Å². The number of aromatic nitrogens is 2. The molecular formula is C9H17N3S. The van der Waals surface area contributed by atoms with E-state index in [0.29, 0.717) is 0 Å². The molecule has 1 heterocycles. The smallest absolute Gasteiger partial charge is 0.126 e. The van der Waals surface area contributed by atoms with Crippen LogP contribution in [-0.4, -0.2) is 21.6 Å². The van der Waals surface area contributed by atoms with Crippen molar-refractivity contribution in [2.24, 2.45) is 7.05 Å². The van der Waals surface area contributed by atoms with Crippen molar-refractivity contribution in [3.8, 4) is 0 Å². The molecule has 0 spiro atoms. The normalized spacial score (nSPS) is 10.7. The van der Waals surface area contributed by atoms with E-state index >= 15 is 0 Å². The average Bonchev–Trinajstić information content (AvgIpc) is 2.34. The molecule has 1 aromatic rings. The second kappa shape index (κ2) is 4.56. The highest BCUT2D eigenvalue weighted by Crippen LogP contribution is 2.14. The zero-order valence-electron chi connectivity index (χ0n) is 8.50. The highest BCUT2D eigenvalue weighted by Gasteiger charge is 2.07. The fourth-order valence-electron chi connectivity index (χ4n) is 1.26. The minimum absolute atomic E-state index is 0.818. The topological polar surface area (TPSA) is 43.8 Å². The van der Waals surface area contributed by atoms with E-state index in [-0.39, 0.29) is 0 Å². The molecule has 74 valence electrons. The van der Waals surface area contributed by atoms with Gasteiger partial charge in [0.2, 0.25) is 0 Å². The van der Waals surface area contributed by atoms with Crippen LogP contribution < -0.4 is 5.73 Å². The molecule has 0 fully saturated rings. The predicted octanol–water partition coefficient (Wildman–Crippen LogP) is 1.61. The lowest BCUT2D eigenvalue weighted by molar-refractivity contribution is 0.867. The largest absolute Gasteiger partial charge is 0.384 e. The summed E-state index contributed by atoms with van der Waals surface area (Å²) in [6.07, 6.45) is 4.27. The molecule has 0 bridgehead atoms. The lowest BCUT2D eigenvalue weighted by Crippen LogP contribution is -2.00. The van der Waals surface area contributed by atoms with Crippen LogP contribution in [0.2, 0.25) is 0 Å². The first-order valence-electron chi connectivity index (χ1n) is 4.43. The number of imidazole rings is 1. The van der Waals surface area contributed by atoms with Crippen LogP contribution in [0.1, 0.15) is 17.9 Å². The SMILES string of the molecule is CSCCCc1nc(C)n(C)c1N. The summed E-state index contributed by atoms with van der Waals surface area (Å²) in [7, 11) is 1.95. The number of anilines is 1. The van der Waals surface area contributed by atoms with E-state index in [4.69, 9.17) is 5.73 Å². The van der Waals surface area contributed by atoms with Gasteiger partial charge in [-0.05, 0) is 31.8 Å². The molecule has 0 aliphatic rings. The molecule has 0 aliphatic heterocycles. The molecule has 13 heavy (non-hydrogen) atoms. The number of aryl methyl sites for hydroxylation is 2. The standard InChI is InChI=1S/C9H17N3S/c1-7-11-8(5-4-6-13-3)9(10)12(7)2/h4-6,10H2,1-3H3. The molecular weight excluding hydrogens is 182 g/mol. The van der Waals surface area contributed by atoms with Crippen molar-refractivity contribution in [2.45, 2.75) is 19.8 Å². The second-order valence-electron chi connectivity index (χ2n) is 3.15. The monoisotopic (exact) mass is 199 g/mol. The molecule has 0 radical (unpaired) electrons. The Morgan fingerprint density at radius 2 is 2.23 bits per heavy atom. The van der Waals surface area contributed by atoms with Gasteiger partial charge < -0.3 is 10.3 Å². The van der Waals surface area contributed by atoms with Crippen LogP contribution in [0.15, 0.2) is 0 Å². The summed E-state index contributed by atoms with van der Waals surface area (Å²) in [6, 6.07) is 0. The van der Waals surface area contributed by atoms with Crippen LogP contribution in [0.4, 0.5) is 5.82 Å². The summed E-state index contributed by atoms with van der Waals surface area (Å²) in [5, 5.41) is 0. The number of thioether (sulfide) groups is 1. The van der Waals surface area contributed by atoms with Gasteiger partial charge in [-0.2, -0.15) is 11.8 Å². The third kappa shape index (κ3) is 2.40. The fourth-order valence-corrected chi connectivity index (χ4v) is 1.70. The molecule has 0 saturated heterocycles. The lowest BCUT2D eigenvalue weighted by Gasteiger charge is -1.99. The van der Waals surface area contributed by atoms with E-state index in [1.54, 1.807) is 0 Å². The third-order valence-corrected chi connectivity index (χ3v) is 2.90. The molecule has 4 heteroatoms. The first kappa shape index (κ1) is 10.4. The summed E-state index contributed by atoms with van der Waals surface area (Å²) in [6.45, 7) is 1.98. The Hall–Kier alpha value is -0.640. The van der Waals surface area contributed by atoms with Gasteiger partial charge in [0, 0.05) is 7.05 Å². The molecule has 0 aromatic carbocycles. The minimum Gasteiger partial charge on any atom is -0.384 e. The van der Waals surface area contributed by atoms with E-state index in [9.17, 15) is 0 Å². The van der Waals surface area contributed by atoms with Gasteiger partial charge in [-0.1, -0.05) is 0 Å². The zero-order valence-corrected chi connectivity index (χ0v) is 9.32. The van der Waals surface area contributed by atoms with Crippen molar-refractivity contribution >= 4 is 17.6 Å². The maximum absolute atomic E-state index is 5.88. The molecule has 0 atom stereocenters. The van der Waals surface area contributed by atoms with Crippen molar-refractivity contribution in [3.63, 3.8) is 0 Å². The molecule has 0 saturated carbocycles. The fraction of sp³-hybridized carbons (Fsp3) is 0.667. The number of nitrogen functional groups attached to an aromatic ring is 1. The third-order valence-electron chi connectivity index (χ3n) is 2.20. The Bertz CT molecular complexity index is 281. The Morgan fingerprint density at radius 1 is 1.54 bits per heavy atom. The quantitative estimate of drug-likeness (QED) is 0.749. The maximum Gasteiger partial charge on any atom is 0.126 e. The molecule has 0 aliphatic carbocycles. The number of hydrogen-bond acceptors (Lipinski definition) is 3. The lowest BCUT2D eigenvalue weighted by atomic mass is 10.2. The van der Waals surface area contributed by atoms with Gasteiger partial charge in [-0.25, -0.2) is 4.98 Å². The Morgan fingerprint density at radius 3 is 2.69 bits per heavy atom. The van der Waals surface area contributed by atoms with E-state index in [0.717, 1.165) is 30.2 Å². The van der Waals surface area contributed by atoms with E-state index in [1.165, 1.54) is 5.75 Å². The van der Waals surface area contributed by atoms with E-state index in [1.807, 2.05) is 30.3 Å². The van der Waals surface area contributed by atoms with Crippen molar-refractivity contribution in [1.29, 1.82) is 0 Å². The summed E-state index contributed by atoms with van der Waals surface area (Å²) in [5.74, 6) is 2.99. The minimum atomic E-state index is 0.818. The molecule has 1 rings (SSSR count). The molecule has 0 amide bonds. The summed E-state index contributed by atoms with van der Waals surface area (Å²) >= 11 is 1.86. The molecule has 3 nitrogen and oxygen atoms in total. The van der Waals surface area contributed by atoms with Gasteiger partial charge in [-0.15, -0.1) is 0 Å². The van der Waals surface area contributed by atoms with E-state index in [2.05, 4.69) is 11.2 Å². The zero-order chi connectivity index (χ0) is 9.84. The number of hydrogen-bond donors (Lipinski definition) is 1. The van der Waals surface area contributed by atoms with Crippen LogP contribution in [0.3, 0.4) is 0 Å². The van der Waals surface area contributed by atoms with Gasteiger partial charge in [0.15, 0.2) is 0 Å². The second-order valence-corrected chi connectivity index (χ2v) is 4.13. The highest BCUT2D eigenvalue weighted by atomic mass is 32.2. The first-order chi connectivity index (χ1) is 6.16. The number of nitrogens with zero attached hydrogens (tertiary/aromatic N) is 2. The number of nitrogens with two attached hydrogens (primary N) is 1. The molecule has 0 unspecified atom stereocenters. The van der Waals surface area contributed by atoms with Crippen LogP contribution in [0, 0.1) is 6.92 Å². The Kier molecular flexibility index (Phi) is 3.66. The van der Waals surface area contributed by atoms with Crippen LogP contribution in [0.5, 0.6) is 0 Å². The van der Waals surface area contributed by atoms with Crippen LogP contribution >= 0.6 is 11.8 Å². The number of rotatable bonds is 4. The summed E-state index contributed by atoms with van der Waals surface area (Å²) in [4.78, 5) is 4.41. The first-order valence-corrected chi connectivity index (χ1v) is 5.82. The van der Waals surface area contributed by atoms with Gasteiger partial charge in [0.05, 0.1) is 5.69 Å². The van der Waals surface area contributed by atoms with Crippen molar-refractivity contribution in [3.05, 3.63) is 11.5 Å². The predicted molar refractivity (Wildman–Crippen MR) is 59.1 cm³/mol. The van der Waals surface area contributed by atoms with Gasteiger partial charge in [-0.3, -0.25) is 0 Å². The maximum atomic E-state index is 5.88. The Balaban J connectivity index is 2.61. The van der Waals surface area contributed by atoms with Crippen molar-refractivity contribution in [2.75, 3.05) is 17.7 Å². The molecule has 2 N–H and O–H groups in total. The van der Waals surface area contributed by atoms with Crippen LogP contribution in [0.25, 0.3) is 0 Å². The van der Waals surface area contributed by atoms with Crippen LogP contribution in [-0.2, 0) is 13.5 Å². The van der Waals surface area contributed by atoms with Gasteiger partial charge >= 0.3 is 0 Å². The highest BCUT2D eigenvalue weighted by molar-refractivity contribution is 7.98. The van der Waals surface area contributed by atoms with Crippen molar-refractivity contribution < 1.29 is 0 Å².